The fourth-order valence-electron chi connectivity index (χ4n) is 0.0264. The van der Waals surface area contributed by atoms with Gasteiger partial charge in [-0.15, -0.1) is 4.99 Å². The van der Waals surface area contributed by atoms with Crippen LogP contribution in [0.3, 0.4) is 0 Å². The summed E-state index contributed by atoms with van der Waals surface area (Å²) in [5.74, 6) is 0. The van der Waals surface area contributed by atoms with Crippen molar-refractivity contribution in [3.05, 3.63) is 0 Å². The van der Waals surface area contributed by atoms with Crippen LogP contribution in [0, 0.1) is 12.5 Å². The first-order valence-corrected chi connectivity index (χ1v) is 10.7. The van der Waals surface area contributed by atoms with Gasteiger partial charge in [-0.05, 0) is 12.2 Å². The Balaban J connectivity index is 0. The second-order valence-electron chi connectivity index (χ2n) is 0.396. The van der Waals surface area contributed by atoms with E-state index in [0.29, 0.717) is 9.47 Å². The molecule has 8 heavy (non-hydrogen) atoms. The molecule has 0 saturated carbocycles. The fourth-order valence-corrected chi connectivity index (χ4v) is 0.0791. The zero-order valence-corrected chi connectivity index (χ0v) is 10.2. The number of rotatable bonds is 0. The third kappa shape index (κ3) is 26.2. The molecule has 0 N–H and O–H groups in total. The van der Waals surface area contributed by atoms with E-state index >= 15 is 0 Å². The second-order valence-corrected chi connectivity index (χ2v) is 12.4. The maximum atomic E-state index is 4.59. The van der Waals surface area contributed by atoms with Crippen LogP contribution >= 0.6 is 52.2 Å². The Bertz CT molecular complexity index is 115. The van der Waals surface area contributed by atoms with Gasteiger partial charge in [-0.2, -0.15) is 0 Å². The summed E-state index contributed by atoms with van der Waals surface area (Å²) in [7, 11) is 0.628. The molecule has 0 aromatic carbocycles. The number of thiocarbonyl (C=S) groups is 1. The molecule has 0 aromatic rings. The molecule has 0 aliphatic rings. The summed E-state index contributed by atoms with van der Waals surface area (Å²) in [6.07, 6.45) is 4.59. The van der Waals surface area contributed by atoms with Crippen molar-refractivity contribution in [3.63, 3.8) is 0 Å². The number of nitrogens with zero attached hydrogens (tertiary/aromatic N) is 1. The van der Waals surface area contributed by atoms with Crippen molar-refractivity contribution < 1.29 is 9.47 Å². The van der Waals surface area contributed by atoms with Crippen LogP contribution in [0.4, 0.5) is 0 Å². The number of isothiocyanates is 1. The minimum atomic E-state index is 0.628. The monoisotopic (exact) mass is 388 g/mol. The Kier molecular flexibility index (Phi) is 23.9. The van der Waals surface area contributed by atoms with Crippen LogP contribution in [0.1, 0.15) is 0 Å². The maximum absolute atomic E-state index is 4.59. The molecule has 0 aliphatic carbocycles. The predicted molar refractivity (Wildman–Crippen MR) is 51.9 cm³/mol. The first-order chi connectivity index (χ1) is 3.83. The van der Waals surface area contributed by atoms with Crippen LogP contribution in [-0.2, 0) is 9.47 Å². The molecule has 0 atom stereocenters. The average molecular weight is 388 g/mol. The molecule has 1 nitrogen and oxygen atoms in total. The van der Waals surface area contributed by atoms with Crippen molar-refractivity contribution in [2.24, 2.45) is 4.99 Å². The van der Waals surface area contributed by atoms with E-state index in [1.807, 2.05) is 11.2 Å². The molecular formula is C3HI2NSV. The van der Waals surface area contributed by atoms with Crippen LogP contribution in [0.15, 0.2) is 4.99 Å². The van der Waals surface area contributed by atoms with E-state index in [1.165, 1.54) is 0 Å². The van der Waals surface area contributed by atoms with Crippen molar-refractivity contribution >= 4 is 57.3 Å². The number of aliphatic imine (C=N–C) groups is 1. The Morgan fingerprint density at radius 2 is 2.00 bits per heavy atom. The van der Waals surface area contributed by atoms with Crippen LogP contribution in [0.25, 0.3) is 0 Å². The molecule has 0 saturated heterocycles. The number of hydrogen-bond donors (Lipinski definition) is 0. The van der Waals surface area contributed by atoms with Gasteiger partial charge in [0.25, 0.3) is 0 Å². The minimum absolute atomic E-state index is 0.628. The summed E-state index contributed by atoms with van der Waals surface area (Å²) in [5, 5.41) is 1.99. The van der Waals surface area contributed by atoms with Gasteiger partial charge in [0.05, 0.1) is 5.16 Å². The molecule has 0 unspecified atom stereocenters. The first-order valence-electron chi connectivity index (χ1n) is 1.28. The van der Waals surface area contributed by atoms with E-state index in [-0.39, 0.29) is 0 Å². The average Bonchev–Trinajstić information content (AvgIpc) is 1.71. The van der Waals surface area contributed by atoms with Crippen molar-refractivity contribution in [2.45, 2.75) is 0 Å². The fraction of sp³-hybridized carbons (Fsp3) is 0. The van der Waals surface area contributed by atoms with Gasteiger partial charge in [-0.1, -0.05) is 6.42 Å². The summed E-state index contributed by atoms with van der Waals surface area (Å²) in [5.41, 5.74) is 0. The summed E-state index contributed by atoms with van der Waals surface area (Å²) in [6.45, 7) is 0. The second kappa shape index (κ2) is 15.8. The van der Waals surface area contributed by atoms with Crippen LogP contribution < -0.4 is 0 Å². The van der Waals surface area contributed by atoms with E-state index < -0.39 is 0 Å². The quantitative estimate of drug-likeness (QED) is 0.269. The summed E-state index contributed by atoms with van der Waals surface area (Å²) >= 11 is 8.83. The third-order valence-corrected chi connectivity index (χ3v) is 0.201. The molecule has 0 aromatic heterocycles. The third-order valence-electron chi connectivity index (χ3n) is 0.110. The topological polar surface area (TPSA) is 12.4 Å². The van der Waals surface area contributed by atoms with E-state index in [2.05, 4.69) is 63.6 Å². The van der Waals surface area contributed by atoms with Crippen LogP contribution in [-0.4, -0.2) is 5.16 Å². The van der Waals surface area contributed by atoms with Gasteiger partial charge in [0.1, 0.15) is 0 Å². The van der Waals surface area contributed by atoms with Crippen molar-refractivity contribution in [2.75, 3.05) is 0 Å². The Labute approximate surface area is 82.9 Å². The number of terminal acetylenes is 1. The molecule has 0 radical (unpaired) electrons. The Morgan fingerprint density at radius 3 is 2.00 bits per heavy atom. The Hall–Kier alpha value is 1.40. The molecule has 0 spiro atoms. The first kappa shape index (κ1) is 12.1. The molecule has 43 valence electrons. The zero-order valence-electron chi connectivity index (χ0n) is 3.64. The van der Waals surface area contributed by atoms with Gasteiger partial charge in [-0.25, -0.2) is 0 Å². The summed E-state index contributed by atoms with van der Waals surface area (Å²) in [6, 6.07) is 1.93. The van der Waals surface area contributed by atoms with E-state index in [0.717, 1.165) is 0 Å². The normalized spacial score (nSPS) is 4.12. The standard InChI is InChI=1S/C3HNS.2HI.V/c1-2-4-3-5;;;/h1H;2*1H;/q;;;+2/p-2. The number of hydrogen-bond acceptors (Lipinski definition) is 2. The predicted octanol–water partition coefficient (Wildman–Crippen LogP) is 2.45. The van der Waals surface area contributed by atoms with E-state index in [4.69, 9.17) is 0 Å². The van der Waals surface area contributed by atoms with E-state index in [9.17, 15) is 0 Å². The van der Waals surface area contributed by atoms with Crippen molar-refractivity contribution in [1.29, 1.82) is 0 Å². The van der Waals surface area contributed by atoms with Gasteiger partial charge in [0.2, 0.25) is 0 Å². The van der Waals surface area contributed by atoms with Gasteiger partial charge in [-0.3, -0.25) is 0 Å². The van der Waals surface area contributed by atoms with Gasteiger partial charge >= 0.3 is 49.4 Å². The molecule has 0 fully saturated rings. The van der Waals surface area contributed by atoms with Crippen LogP contribution in [0.2, 0.25) is 0 Å². The zero-order chi connectivity index (χ0) is 6.83. The molecule has 0 aliphatic heterocycles. The molecule has 0 bridgehead atoms. The van der Waals surface area contributed by atoms with E-state index in [1.54, 1.807) is 0 Å². The summed E-state index contributed by atoms with van der Waals surface area (Å²) in [4.78, 5) is 3.06. The number of halogens is 2. The molecular weight excluding hydrogens is 387 g/mol. The van der Waals surface area contributed by atoms with Crippen molar-refractivity contribution in [1.82, 2.24) is 0 Å². The van der Waals surface area contributed by atoms with Gasteiger partial charge in [0, 0.05) is 6.04 Å². The summed E-state index contributed by atoms with van der Waals surface area (Å²) < 4.78 is 0. The van der Waals surface area contributed by atoms with Gasteiger partial charge < -0.3 is 0 Å². The van der Waals surface area contributed by atoms with Gasteiger partial charge in [0.15, 0.2) is 0 Å². The van der Waals surface area contributed by atoms with Crippen LogP contribution in [0.5, 0.6) is 0 Å². The SMILES string of the molecule is C#CN=C=S.[I][V][I]. The van der Waals surface area contributed by atoms with Crippen molar-refractivity contribution in [3.8, 4) is 12.5 Å². The Morgan fingerprint density at radius 1 is 1.62 bits per heavy atom. The molecule has 0 amide bonds. The molecule has 0 heterocycles. The molecule has 5 heteroatoms. The molecule has 0 rings (SSSR count).